The Morgan fingerprint density at radius 1 is 1.33 bits per heavy atom. The smallest absolute Gasteiger partial charge is 0.256 e. The minimum atomic E-state index is -0.396. The van der Waals surface area contributed by atoms with Crippen LogP contribution < -0.4 is 0 Å². The van der Waals surface area contributed by atoms with Crippen LogP contribution in [0, 0.1) is 0 Å². The molecule has 7 nitrogen and oxygen atoms in total. The maximum absolute atomic E-state index is 12.8. The van der Waals surface area contributed by atoms with E-state index in [1.54, 1.807) is 29.4 Å². The summed E-state index contributed by atoms with van der Waals surface area (Å²) >= 11 is 1.53. The Labute approximate surface area is 141 Å². The van der Waals surface area contributed by atoms with E-state index in [1.165, 1.54) is 11.3 Å². The molecule has 0 saturated carbocycles. The van der Waals surface area contributed by atoms with Gasteiger partial charge in [0, 0.05) is 18.9 Å². The molecular weight excluding hydrogens is 328 g/mol. The maximum Gasteiger partial charge on any atom is 0.256 e. The predicted molar refractivity (Wildman–Crippen MR) is 86.4 cm³/mol. The fourth-order valence-electron chi connectivity index (χ4n) is 2.58. The van der Waals surface area contributed by atoms with E-state index in [9.17, 15) is 4.79 Å². The molecule has 0 radical (unpaired) electrons. The SMILES string of the molecule is O=C(c1cccnc1)N1CCOC[C@H]1c1nc(-c2cccs2)no1. The van der Waals surface area contributed by atoms with E-state index >= 15 is 0 Å². The van der Waals surface area contributed by atoms with Gasteiger partial charge < -0.3 is 14.2 Å². The zero-order valence-electron chi connectivity index (χ0n) is 12.7. The van der Waals surface area contributed by atoms with E-state index in [2.05, 4.69) is 15.1 Å². The molecular formula is C16H14N4O3S. The third-order valence-corrected chi connectivity index (χ3v) is 4.63. The molecule has 1 aliphatic rings. The minimum absolute atomic E-state index is 0.118. The summed E-state index contributed by atoms with van der Waals surface area (Å²) < 4.78 is 10.9. The van der Waals surface area contributed by atoms with Gasteiger partial charge in [0.2, 0.25) is 5.82 Å². The van der Waals surface area contributed by atoms with Gasteiger partial charge in [-0.3, -0.25) is 9.78 Å². The van der Waals surface area contributed by atoms with Gasteiger partial charge in [0.05, 0.1) is 23.7 Å². The first kappa shape index (κ1) is 15.0. The van der Waals surface area contributed by atoms with Gasteiger partial charge in [-0.25, -0.2) is 0 Å². The largest absolute Gasteiger partial charge is 0.377 e. The number of nitrogens with zero attached hydrogens (tertiary/aromatic N) is 4. The van der Waals surface area contributed by atoms with Crippen molar-refractivity contribution >= 4 is 17.2 Å². The van der Waals surface area contributed by atoms with Gasteiger partial charge in [-0.15, -0.1) is 11.3 Å². The monoisotopic (exact) mass is 342 g/mol. The number of hydrogen-bond donors (Lipinski definition) is 0. The Morgan fingerprint density at radius 3 is 3.08 bits per heavy atom. The lowest BCUT2D eigenvalue weighted by Crippen LogP contribution is -2.43. The van der Waals surface area contributed by atoms with Crippen LogP contribution in [0.3, 0.4) is 0 Å². The second kappa shape index (κ2) is 6.50. The van der Waals surface area contributed by atoms with Crippen LogP contribution in [0.25, 0.3) is 10.7 Å². The fraction of sp³-hybridized carbons (Fsp3) is 0.250. The van der Waals surface area contributed by atoms with Crippen LogP contribution in [0.1, 0.15) is 22.3 Å². The topological polar surface area (TPSA) is 81.4 Å². The molecule has 122 valence electrons. The molecule has 0 spiro atoms. The first-order valence-electron chi connectivity index (χ1n) is 7.49. The van der Waals surface area contributed by atoms with Crippen molar-refractivity contribution in [2.24, 2.45) is 0 Å². The normalized spacial score (nSPS) is 17.8. The molecule has 0 aliphatic carbocycles. The van der Waals surface area contributed by atoms with E-state index in [0.717, 1.165) is 4.88 Å². The van der Waals surface area contributed by atoms with E-state index in [-0.39, 0.29) is 5.91 Å². The van der Waals surface area contributed by atoms with Crippen molar-refractivity contribution in [3.63, 3.8) is 0 Å². The lowest BCUT2D eigenvalue weighted by molar-refractivity contribution is -0.0119. The van der Waals surface area contributed by atoms with Crippen LogP contribution in [-0.4, -0.2) is 45.7 Å². The average Bonchev–Trinajstić information content (AvgIpc) is 3.33. The number of thiophene rings is 1. The summed E-state index contributed by atoms with van der Waals surface area (Å²) in [5.74, 6) is 0.793. The van der Waals surface area contributed by atoms with Crippen molar-refractivity contribution in [2.75, 3.05) is 19.8 Å². The molecule has 0 aromatic carbocycles. The number of morpholine rings is 1. The highest BCUT2D eigenvalue weighted by Gasteiger charge is 2.33. The molecule has 0 N–H and O–H groups in total. The summed E-state index contributed by atoms with van der Waals surface area (Å²) in [4.78, 5) is 23.8. The van der Waals surface area contributed by atoms with Gasteiger partial charge in [0.1, 0.15) is 6.04 Å². The number of amides is 1. The average molecular weight is 342 g/mol. The molecule has 3 aromatic heterocycles. The summed E-state index contributed by atoms with van der Waals surface area (Å²) in [6.45, 7) is 1.28. The highest BCUT2D eigenvalue weighted by molar-refractivity contribution is 7.13. The lowest BCUT2D eigenvalue weighted by Gasteiger charge is -2.33. The Hall–Kier alpha value is -2.58. The van der Waals surface area contributed by atoms with Crippen LogP contribution in [0.15, 0.2) is 46.6 Å². The fourth-order valence-corrected chi connectivity index (χ4v) is 3.23. The van der Waals surface area contributed by atoms with Crippen molar-refractivity contribution in [3.8, 4) is 10.7 Å². The Morgan fingerprint density at radius 2 is 2.29 bits per heavy atom. The molecule has 0 unspecified atom stereocenters. The van der Waals surface area contributed by atoms with Crippen molar-refractivity contribution in [2.45, 2.75) is 6.04 Å². The standard InChI is InChI=1S/C16H14N4O3S/c21-16(11-3-1-5-17-9-11)20-6-7-22-10-12(20)15-18-14(19-23-15)13-4-2-8-24-13/h1-5,8-9,12H,6-7,10H2/t12-/m0/s1. The molecule has 4 rings (SSSR count). The summed E-state index contributed by atoms with van der Waals surface area (Å²) in [7, 11) is 0. The molecule has 1 fully saturated rings. The van der Waals surface area contributed by atoms with Crippen molar-refractivity contribution in [1.29, 1.82) is 0 Å². The third-order valence-electron chi connectivity index (χ3n) is 3.77. The molecule has 1 aliphatic heterocycles. The first-order valence-corrected chi connectivity index (χ1v) is 8.37. The Bertz CT molecular complexity index is 819. The minimum Gasteiger partial charge on any atom is -0.377 e. The number of hydrogen-bond acceptors (Lipinski definition) is 7. The molecule has 1 atom stereocenters. The van der Waals surface area contributed by atoms with Gasteiger partial charge in [-0.05, 0) is 23.6 Å². The van der Waals surface area contributed by atoms with Crippen molar-refractivity contribution in [3.05, 3.63) is 53.5 Å². The molecule has 8 heteroatoms. The number of pyridine rings is 1. The number of ether oxygens (including phenoxy) is 1. The van der Waals surface area contributed by atoms with Gasteiger partial charge in [0.25, 0.3) is 11.8 Å². The number of carbonyl (C=O) groups excluding carboxylic acids is 1. The summed E-state index contributed by atoms with van der Waals surface area (Å²) in [5, 5.41) is 5.97. The van der Waals surface area contributed by atoms with Crippen molar-refractivity contribution < 1.29 is 14.1 Å². The van der Waals surface area contributed by atoms with Crippen LogP contribution in [0.2, 0.25) is 0 Å². The van der Waals surface area contributed by atoms with E-state index in [4.69, 9.17) is 9.26 Å². The van der Waals surface area contributed by atoms with E-state index in [1.807, 2.05) is 17.5 Å². The van der Waals surface area contributed by atoms with Crippen LogP contribution >= 0.6 is 11.3 Å². The number of aromatic nitrogens is 3. The van der Waals surface area contributed by atoms with E-state index < -0.39 is 6.04 Å². The van der Waals surface area contributed by atoms with Crippen LogP contribution in [0.5, 0.6) is 0 Å². The van der Waals surface area contributed by atoms with Gasteiger partial charge in [0.15, 0.2) is 0 Å². The second-order valence-electron chi connectivity index (χ2n) is 5.26. The quantitative estimate of drug-likeness (QED) is 0.727. The molecule has 3 aromatic rings. The number of rotatable bonds is 3. The molecule has 1 saturated heterocycles. The molecule has 4 heterocycles. The second-order valence-corrected chi connectivity index (χ2v) is 6.21. The third kappa shape index (κ3) is 2.81. The maximum atomic E-state index is 12.8. The van der Waals surface area contributed by atoms with Crippen molar-refractivity contribution in [1.82, 2.24) is 20.0 Å². The predicted octanol–water partition coefficient (Wildman–Crippen LogP) is 2.41. The van der Waals surface area contributed by atoms with Crippen LogP contribution in [0.4, 0.5) is 0 Å². The Kier molecular flexibility index (Phi) is 4.06. The van der Waals surface area contributed by atoms with Gasteiger partial charge in [-0.1, -0.05) is 11.2 Å². The molecule has 1 amide bonds. The highest BCUT2D eigenvalue weighted by atomic mass is 32.1. The molecule has 24 heavy (non-hydrogen) atoms. The zero-order valence-corrected chi connectivity index (χ0v) is 13.5. The summed E-state index contributed by atoms with van der Waals surface area (Å²) in [6, 6.07) is 6.94. The molecule has 0 bridgehead atoms. The Balaban J connectivity index is 1.62. The number of carbonyl (C=O) groups is 1. The van der Waals surface area contributed by atoms with Gasteiger partial charge >= 0.3 is 0 Å². The van der Waals surface area contributed by atoms with Crippen LogP contribution in [-0.2, 0) is 4.74 Å². The van der Waals surface area contributed by atoms with Gasteiger partial charge in [-0.2, -0.15) is 4.98 Å². The first-order chi connectivity index (χ1) is 11.8. The highest BCUT2D eigenvalue weighted by Crippen LogP contribution is 2.28. The van der Waals surface area contributed by atoms with E-state index in [0.29, 0.717) is 37.0 Å². The zero-order chi connectivity index (χ0) is 16.4. The lowest BCUT2D eigenvalue weighted by atomic mass is 10.1. The summed E-state index contributed by atoms with van der Waals surface area (Å²) in [6.07, 6.45) is 3.19. The summed E-state index contributed by atoms with van der Waals surface area (Å²) in [5.41, 5.74) is 0.530.